The zero-order valence-electron chi connectivity index (χ0n) is 22.1. The third kappa shape index (κ3) is 4.07. The van der Waals surface area contributed by atoms with Gasteiger partial charge in [-0.25, -0.2) is 0 Å². The number of rotatable bonds is 5. The number of hydrogen-bond acceptors (Lipinski definition) is 5. The standard InChI is InChI=1S/C29H45NO4/c1-7-21-25-16-20(33-18(3)31)10-13-29(25,6)24-11-14-28(5)22(17(2)12-15-30)8-9-23(28)26(24)27(21)34-19(4)32/h17,20-27H,7-14,16H2,1-6H3/t17-,20-,21-,22-,23+,24+,25?,26?,27-,28?,29+/m1/s1. The summed E-state index contributed by atoms with van der Waals surface area (Å²) in [6, 6.07) is 2.42. The summed E-state index contributed by atoms with van der Waals surface area (Å²) in [6.07, 6.45) is 9.19. The number of nitriles is 1. The van der Waals surface area contributed by atoms with Crippen LogP contribution in [0, 0.1) is 63.6 Å². The Morgan fingerprint density at radius 1 is 0.971 bits per heavy atom. The molecule has 0 amide bonds. The zero-order valence-corrected chi connectivity index (χ0v) is 22.1. The molecule has 0 aromatic carbocycles. The summed E-state index contributed by atoms with van der Waals surface area (Å²) in [6.45, 7) is 12.6. The average molecular weight is 472 g/mol. The first-order valence-electron chi connectivity index (χ1n) is 13.8. The Morgan fingerprint density at radius 2 is 1.62 bits per heavy atom. The molecule has 0 aliphatic heterocycles. The van der Waals surface area contributed by atoms with Gasteiger partial charge in [0, 0.05) is 26.2 Å². The van der Waals surface area contributed by atoms with Crippen molar-refractivity contribution in [1.82, 2.24) is 0 Å². The van der Waals surface area contributed by atoms with E-state index in [2.05, 4.69) is 33.8 Å². The van der Waals surface area contributed by atoms with Crippen molar-refractivity contribution in [3.8, 4) is 6.07 Å². The molecule has 5 heteroatoms. The van der Waals surface area contributed by atoms with E-state index in [0.717, 1.165) is 25.7 Å². The van der Waals surface area contributed by atoms with Crippen molar-refractivity contribution in [2.24, 2.45) is 52.3 Å². The molecule has 4 saturated carbocycles. The highest BCUT2D eigenvalue weighted by molar-refractivity contribution is 5.66. The molecule has 4 rings (SSSR count). The maximum Gasteiger partial charge on any atom is 0.302 e. The molecule has 0 heterocycles. The molecule has 0 saturated heterocycles. The number of ether oxygens (including phenoxy) is 2. The van der Waals surface area contributed by atoms with Gasteiger partial charge in [0.05, 0.1) is 6.07 Å². The summed E-state index contributed by atoms with van der Waals surface area (Å²) >= 11 is 0. The fourth-order valence-electron chi connectivity index (χ4n) is 9.87. The van der Waals surface area contributed by atoms with E-state index in [1.54, 1.807) is 6.92 Å². The molecule has 0 aromatic rings. The van der Waals surface area contributed by atoms with Crippen LogP contribution in [0.4, 0.5) is 0 Å². The summed E-state index contributed by atoms with van der Waals surface area (Å²) in [4.78, 5) is 24.1. The van der Waals surface area contributed by atoms with E-state index >= 15 is 0 Å². The largest absolute Gasteiger partial charge is 0.463 e. The molecule has 0 bridgehead atoms. The highest BCUT2D eigenvalue weighted by Gasteiger charge is 2.66. The van der Waals surface area contributed by atoms with Gasteiger partial charge in [0.1, 0.15) is 12.2 Å². The molecule has 0 aromatic heterocycles. The first-order valence-corrected chi connectivity index (χ1v) is 13.8. The molecule has 5 nitrogen and oxygen atoms in total. The van der Waals surface area contributed by atoms with Crippen molar-refractivity contribution in [2.75, 3.05) is 0 Å². The van der Waals surface area contributed by atoms with Gasteiger partial charge in [0.2, 0.25) is 0 Å². The predicted molar refractivity (Wildman–Crippen MR) is 130 cm³/mol. The van der Waals surface area contributed by atoms with Crippen LogP contribution < -0.4 is 0 Å². The van der Waals surface area contributed by atoms with Crippen molar-refractivity contribution < 1.29 is 19.1 Å². The molecule has 3 unspecified atom stereocenters. The van der Waals surface area contributed by atoms with Gasteiger partial charge in [-0.2, -0.15) is 5.26 Å². The summed E-state index contributed by atoms with van der Waals surface area (Å²) < 4.78 is 12.0. The van der Waals surface area contributed by atoms with Crippen molar-refractivity contribution >= 4 is 11.9 Å². The summed E-state index contributed by atoms with van der Waals surface area (Å²) in [7, 11) is 0. The third-order valence-electron chi connectivity index (χ3n) is 11.1. The molecule has 4 fully saturated rings. The topological polar surface area (TPSA) is 76.4 Å². The van der Waals surface area contributed by atoms with Crippen LogP contribution in [0.1, 0.15) is 99.3 Å². The minimum absolute atomic E-state index is 0.0179. The number of carbonyl (C=O) groups is 2. The summed E-state index contributed by atoms with van der Waals surface area (Å²) in [5.41, 5.74) is 0.405. The van der Waals surface area contributed by atoms with Gasteiger partial charge in [-0.3, -0.25) is 9.59 Å². The smallest absolute Gasteiger partial charge is 0.302 e. The van der Waals surface area contributed by atoms with E-state index in [1.807, 2.05) is 0 Å². The number of nitrogens with zero attached hydrogens (tertiary/aromatic N) is 1. The second-order valence-corrected chi connectivity index (χ2v) is 12.6. The van der Waals surface area contributed by atoms with Crippen LogP contribution >= 0.6 is 0 Å². The van der Waals surface area contributed by atoms with Crippen molar-refractivity contribution in [3.63, 3.8) is 0 Å². The molecule has 34 heavy (non-hydrogen) atoms. The van der Waals surface area contributed by atoms with E-state index < -0.39 is 0 Å². The Hall–Kier alpha value is -1.57. The molecular formula is C29H45NO4. The van der Waals surface area contributed by atoms with Crippen molar-refractivity contribution in [2.45, 2.75) is 112 Å². The van der Waals surface area contributed by atoms with Gasteiger partial charge < -0.3 is 9.47 Å². The highest BCUT2D eigenvalue weighted by Crippen LogP contribution is 2.70. The summed E-state index contributed by atoms with van der Waals surface area (Å²) in [5.74, 6) is 2.79. The third-order valence-corrected chi connectivity index (χ3v) is 11.1. The number of carbonyl (C=O) groups excluding carboxylic acids is 2. The fourth-order valence-corrected chi connectivity index (χ4v) is 9.87. The van der Waals surface area contributed by atoms with Gasteiger partial charge in [-0.05, 0) is 97.7 Å². The molecule has 11 atom stereocenters. The van der Waals surface area contributed by atoms with Gasteiger partial charge in [-0.1, -0.05) is 27.7 Å². The van der Waals surface area contributed by atoms with Crippen LogP contribution in [-0.2, 0) is 19.1 Å². The number of hydrogen-bond donors (Lipinski definition) is 0. The van der Waals surface area contributed by atoms with Crippen molar-refractivity contribution in [3.05, 3.63) is 0 Å². The number of fused-ring (bicyclic) bond motifs is 5. The van der Waals surface area contributed by atoms with E-state index in [0.29, 0.717) is 47.8 Å². The van der Waals surface area contributed by atoms with Gasteiger partial charge in [-0.15, -0.1) is 0 Å². The Kier molecular flexibility index (Phi) is 7.11. The van der Waals surface area contributed by atoms with Gasteiger partial charge in [0.15, 0.2) is 0 Å². The van der Waals surface area contributed by atoms with Crippen LogP contribution in [-0.4, -0.2) is 24.1 Å². The van der Waals surface area contributed by atoms with Crippen molar-refractivity contribution in [1.29, 1.82) is 5.26 Å². The predicted octanol–water partition coefficient (Wildman–Crippen LogP) is 6.30. The van der Waals surface area contributed by atoms with E-state index in [-0.39, 0.29) is 35.0 Å². The first-order chi connectivity index (χ1) is 16.1. The lowest BCUT2D eigenvalue weighted by atomic mass is 9.41. The monoisotopic (exact) mass is 471 g/mol. The quantitative estimate of drug-likeness (QED) is 0.440. The highest BCUT2D eigenvalue weighted by atomic mass is 16.5. The average Bonchev–Trinajstić information content (AvgIpc) is 3.11. The maximum atomic E-state index is 12.4. The van der Waals surface area contributed by atoms with Gasteiger partial charge in [0.25, 0.3) is 0 Å². The molecule has 190 valence electrons. The van der Waals surface area contributed by atoms with Gasteiger partial charge >= 0.3 is 11.9 Å². The summed E-state index contributed by atoms with van der Waals surface area (Å²) in [5, 5.41) is 9.37. The second-order valence-electron chi connectivity index (χ2n) is 12.6. The second kappa shape index (κ2) is 9.47. The number of esters is 2. The lowest BCUT2D eigenvalue weighted by Crippen LogP contribution is -2.63. The van der Waals surface area contributed by atoms with Crippen LogP contribution in [0.15, 0.2) is 0 Å². The Bertz CT molecular complexity index is 834. The normalized spacial score (nSPS) is 46.3. The lowest BCUT2D eigenvalue weighted by Gasteiger charge is -2.65. The Morgan fingerprint density at radius 3 is 2.24 bits per heavy atom. The minimum atomic E-state index is -0.191. The van der Waals surface area contributed by atoms with Crippen LogP contribution in [0.25, 0.3) is 0 Å². The van der Waals surface area contributed by atoms with Crippen LogP contribution in [0.3, 0.4) is 0 Å². The van der Waals surface area contributed by atoms with Crippen LogP contribution in [0.5, 0.6) is 0 Å². The maximum absolute atomic E-state index is 12.4. The molecule has 4 aliphatic carbocycles. The molecule has 4 aliphatic rings. The fraction of sp³-hybridized carbons (Fsp3) is 0.897. The van der Waals surface area contributed by atoms with Crippen LogP contribution in [0.2, 0.25) is 0 Å². The van der Waals surface area contributed by atoms with E-state index in [1.165, 1.54) is 32.6 Å². The zero-order chi connectivity index (χ0) is 24.8. The minimum Gasteiger partial charge on any atom is -0.463 e. The SMILES string of the molecule is CC[C@@H]1C2C[C@H](OC(C)=O)CC[C@@]2(C)[C@H]2CCC3(C)[C@@H]([C@H](C)CC#N)CC[C@H]3C2[C@@H]1OC(C)=O. The first kappa shape index (κ1) is 25.5. The van der Waals surface area contributed by atoms with E-state index in [4.69, 9.17) is 9.47 Å². The Balaban J connectivity index is 1.71. The lowest BCUT2D eigenvalue weighted by molar-refractivity contribution is -0.219. The molecule has 0 spiro atoms. The molecule has 0 radical (unpaired) electrons. The Labute approximate surface area is 206 Å². The van der Waals surface area contributed by atoms with E-state index in [9.17, 15) is 14.9 Å². The molecule has 0 N–H and O–H groups in total. The molecular weight excluding hydrogens is 426 g/mol.